The van der Waals surface area contributed by atoms with Gasteiger partial charge in [-0.2, -0.15) is 0 Å². The molecule has 0 aromatic heterocycles. The number of carbonyl (C=O) groups is 2. The van der Waals surface area contributed by atoms with E-state index in [1.54, 1.807) is 36.4 Å². The second-order valence-electron chi connectivity index (χ2n) is 5.76. The van der Waals surface area contributed by atoms with Gasteiger partial charge < -0.3 is 10.4 Å². The number of rotatable bonds is 5. The van der Waals surface area contributed by atoms with Crippen LogP contribution in [-0.4, -0.2) is 23.0 Å². The zero-order chi connectivity index (χ0) is 17.8. The fourth-order valence-electron chi connectivity index (χ4n) is 2.67. The van der Waals surface area contributed by atoms with Crippen molar-refractivity contribution in [2.45, 2.75) is 12.5 Å². The molecule has 126 valence electrons. The number of halogens is 1. The van der Waals surface area contributed by atoms with E-state index < -0.39 is 17.9 Å². The van der Waals surface area contributed by atoms with Crippen LogP contribution in [0.2, 0.25) is 5.02 Å². The lowest BCUT2D eigenvalue weighted by Gasteiger charge is -2.15. The highest BCUT2D eigenvalue weighted by Crippen LogP contribution is 2.16. The van der Waals surface area contributed by atoms with E-state index in [9.17, 15) is 14.7 Å². The van der Waals surface area contributed by atoms with Crippen molar-refractivity contribution in [3.63, 3.8) is 0 Å². The number of amides is 1. The molecule has 0 radical (unpaired) electrons. The van der Waals surface area contributed by atoms with Gasteiger partial charge in [-0.25, -0.2) is 4.79 Å². The maximum Gasteiger partial charge on any atom is 0.326 e. The van der Waals surface area contributed by atoms with Crippen molar-refractivity contribution < 1.29 is 14.7 Å². The van der Waals surface area contributed by atoms with E-state index >= 15 is 0 Å². The van der Waals surface area contributed by atoms with Gasteiger partial charge in [-0.05, 0) is 40.6 Å². The van der Waals surface area contributed by atoms with Crippen LogP contribution in [0.1, 0.15) is 15.9 Å². The summed E-state index contributed by atoms with van der Waals surface area (Å²) in [6, 6.07) is 18.9. The van der Waals surface area contributed by atoms with Crippen LogP contribution >= 0.6 is 11.6 Å². The molecule has 3 rings (SSSR count). The minimum Gasteiger partial charge on any atom is -0.480 e. The average Bonchev–Trinajstić information content (AvgIpc) is 2.60. The first-order valence-electron chi connectivity index (χ1n) is 7.80. The fraction of sp³-hybridized carbons (Fsp3) is 0.100. The van der Waals surface area contributed by atoms with Crippen molar-refractivity contribution >= 4 is 34.2 Å². The topological polar surface area (TPSA) is 66.4 Å². The molecule has 0 unspecified atom stereocenters. The molecule has 0 bridgehead atoms. The van der Waals surface area contributed by atoms with Gasteiger partial charge in [0.25, 0.3) is 5.91 Å². The monoisotopic (exact) mass is 353 g/mol. The minimum absolute atomic E-state index is 0.162. The Hall–Kier alpha value is -2.85. The van der Waals surface area contributed by atoms with E-state index in [-0.39, 0.29) is 6.42 Å². The minimum atomic E-state index is -1.09. The molecule has 0 fully saturated rings. The van der Waals surface area contributed by atoms with Gasteiger partial charge in [0.2, 0.25) is 0 Å². The number of hydrogen-bond donors (Lipinski definition) is 2. The first kappa shape index (κ1) is 17.0. The first-order valence-corrected chi connectivity index (χ1v) is 8.17. The second-order valence-corrected chi connectivity index (χ2v) is 6.20. The first-order chi connectivity index (χ1) is 12.0. The van der Waals surface area contributed by atoms with Gasteiger partial charge in [-0.15, -0.1) is 0 Å². The van der Waals surface area contributed by atoms with Crippen LogP contribution in [0, 0.1) is 0 Å². The van der Waals surface area contributed by atoms with Crippen LogP contribution in [0.5, 0.6) is 0 Å². The molecule has 0 aliphatic heterocycles. The summed E-state index contributed by atoms with van der Waals surface area (Å²) in [7, 11) is 0. The Morgan fingerprint density at radius 1 is 0.960 bits per heavy atom. The van der Waals surface area contributed by atoms with Crippen molar-refractivity contribution in [1.29, 1.82) is 0 Å². The van der Waals surface area contributed by atoms with Crippen LogP contribution in [0.3, 0.4) is 0 Å². The number of benzene rings is 3. The number of carbonyl (C=O) groups excluding carboxylic acids is 1. The van der Waals surface area contributed by atoms with Crippen molar-refractivity contribution in [3.8, 4) is 0 Å². The van der Waals surface area contributed by atoms with Gasteiger partial charge in [-0.3, -0.25) is 4.79 Å². The van der Waals surface area contributed by atoms with Crippen molar-refractivity contribution in [3.05, 3.63) is 82.9 Å². The molecular formula is C20H16ClNO3. The van der Waals surface area contributed by atoms with Crippen LogP contribution in [-0.2, 0) is 11.2 Å². The normalized spacial score (nSPS) is 11.9. The highest BCUT2D eigenvalue weighted by molar-refractivity contribution is 6.30. The Bertz CT molecular complexity index is 939. The molecule has 0 saturated carbocycles. The summed E-state index contributed by atoms with van der Waals surface area (Å²) in [5.41, 5.74) is 1.18. The molecular weight excluding hydrogens is 338 g/mol. The van der Waals surface area contributed by atoms with Gasteiger partial charge in [-0.1, -0.05) is 54.1 Å². The lowest BCUT2D eigenvalue weighted by atomic mass is 10.0. The lowest BCUT2D eigenvalue weighted by Crippen LogP contribution is -2.42. The van der Waals surface area contributed by atoms with Crippen LogP contribution in [0.4, 0.5) is 0 Å². The third kappa shape index (κ3) is 4.17. The van der Waals surface area contributed by atoms with Gasteiger partial charge >= 0.3 is 5.97 Å². The average molecular weight is 354 g/mol. The Morgan fingerprint density at radius 2 is 1.72 bits per heavy atom. The number of fused-ring (bicyclic) bond motifs is 1. The van der Waals surface area contributed by atoms with Crippen molar-refractivity contribution in [2.24, 2.45) is 0 Å². The lowest BCUT2D eigenvalue weighted by molar-refractivity contribution is -0.139. The summed E-state index contributed by atoms with van der Waals surface area (Å²) in [5.74, 6) is -1.51. The van der Waals surface area contributed by atoms with E-state index in [4.69, 9.17) is 11.6 Å². The summed E-state index contributed by atoms with van der Waals surface area (Å²) >= 11 is 5.93. The quantitative estimate of drug-likeness (QED) is 0.730. The van der Waals surface area contributed by atoms with E-state index in [0.29, 0.717) is 10.6 Å². The number of hydrogen-bond acceptors (Lipinski definition) is 2. The maximum absolute atomic E-state index is 12.5. The molecule has 3 aromatic rings. The number of nitrogens with one attached hydrogen (secondary N) is 1. The van der Waals surface area contributed by atoms with Gasteiger partial charge in [0.15, 0.2) is 0 Å². The van der Waals surface area contributed by atoms with E-state index in [1.807, 2.05) is 30.3 Å². The fourth-order valence-corrected chi connectivity index (χ4v) is 2.88. The molecule has 25 heavy (non-hydrogen) atoms. The molecule has 0 spiro atoms. The predicted octanol–water partition coefficient (Wildman–Crippen LogP) is 3.92. The van der Waals surface area contributed by atoms with Crippen LogP contribution in [0.15, 0.2) is 66.7 Å². The Balaban J connectivity index is 1.78. The van der Waals surface area contributed by atoms with E-state index in [1.165, 1.54) is 0 Å². The molecule has 3 aromatic carbocycles. The molecule has 2 N–H and O–H groups in total. The molecule has 0 aliphatic rings. The molecule has 1 atom stereocenters. The largest absolute Gasteiger partial charge is 0.480 e. The molecule has 0 heterocycles. The molecule has 1 amide bonds. The smallest absolute Gasteiger partial charge is 0.326 e. The predicted molar refractivity (Wildman–Crippen MR) is 98.0 cm³/mol. The zero-order valence-corrected chi connectivity index (χ0v) is 14.0. The summed E-state index contributed by atoms with van der Waals surface area (Å²) < 4.78 is 0. The number of carboxylic acid groups (broad SMARTS) is 1. The molecule has 4 nitrogen and oxygen atoms in total. The van der Waals surface area contributed by atoms with Crippen LogP contribution < -0.4 is 5.32 Å². The highest BCUT2D eigenvalue weighted by Gasteiger charge is 2.21. The highest BCUT2D eigenvalue weighted by atomic mass is 35.5. The van der Waals surface area contributed by atoms with Gasteiger partial charge in [0.1, 0.15) is 6.04 Å². The Labute approximate surface area is 150 Å². The molecule has 0 aliphatic carbocycles. The Morgan fingerprint density at radius 3 is 2.44 bits per heavy atom. The maximum atomic E-state index is 12.5. The molecule has 5 heteroatoms. The molecule has 0 saturated heterocycles. The third-order valence-corrected chi connectivity index (χ3v) is 4.18. The summed E-state index contributed by atoms with van der Waals surface area (Å²) in [6.45, 7) is 0. The summed E-state index contributed by atoms with van der Waals surface area (Å²) in [5, 5.41) is 14.5. The van der Waals surface area contributed by atoms with Crippen molar-refractivity contribution in [2.75, 3.05) is 0 Å². The van der Waals surface area contributed by atoms with Gasteiger partial charge in [0, 0.05) is 17.0 Å². The summed E-state index contributed by atoms with van der Waals surface area (Å²) in [4.78, 5) is 24.0. The SMILES string of the molecule is O=C(N[C@H](Cc1cccc(Cl)c1)C(=O)O)c1ccc2ccccc2c1. The number of carboxylic acids is 1. The van der Waals surface area contributed by atoms with E-state index in [2.05, 4.69) is 5.32 Å². The second kappa shape index (κ2) is 7.36. The zero-order valence-electron chi connectivity index (χ0n) is 13.3. The number of aliphatic carboxylic acids is 1. The van der Waals surface area contributed by atoms with Gasteiger partial charge in [0.05, 0.1) is 0 Å². The Kier molecular flexibility index (Phi) is 5.00. The summed E-state index contributed by atoms with van der Waals surface area (Å²) in [6.07, 6.45) is 0.162. The van der Waals surface area contributed by atoms with Crippen molar-refractivity contribution in [1.82, 2.24) is 5.32 Å². The van der Waals surface area contributed by atoms with Crippen LogP contribution in [0.25, 0.3) is 10.8 Å². The van der Waals surface area contributed by atoms with E-state index in [0.717, 1.165) is 16.3 Å². The standard InChI is InChI=1S/C20H16ClNO3/c21-17-7-3-4-13(10-17)11-18(20(24)25)22-19(23)16-9-8-14-5-1-2-6-15(14)12-16/h1-10,12,18H,11H2,(H,22,23)(H,24,25)/t18-/m1/s1. The third-order valence-electron chi connectivity index (χ3n) is 3.94.